The highest BCUT2D eigenvalue weighted by Crippen LogP contribution is 2.36. The van der Waals surface area contributed by atoms with Gasteiger partial charge in [0.25, 0.3) is 5.22 Å². The van der Waals surface area contributed by atoms with E-state index in [0.29, 0.717) is 40.4 Å². The van der Waals surface area contributed by atoms with Crippen LogP contribution in [0.25, 0.3) is 11.5 Å². The summed E-state index contributed by atoms with van der Waals surface area (Å²) in [6.07, 6.45) is 0.0690. The number of aromatic nitrogens is 3. The van der Waals surface area contributed by atoms with Crippen LogP contribution in [0.15, 0.2) is 33.2 Å². The Labute approximate surface area is 178 Å². The van der Waals surface area contributed by atoms with Gasteiger partial charge in [0.15, 0.2) is 16.6 Å². The third-order valence-corrected chi connectivity index (χ3v) is 5.41. The van der Waals surface area contributed by atoms with Gasteiger partial charge in [0.2, 0.25) is 18.6 Å². The molecule has 0 bridgehead atoms. The van der Waals surface area contributed by atoms with E-state index in [1.54, 1.807) is 30.5 Å². The van der Waals surface area contributed by atoms with Gasteiger partial charge in [0, 0.05) is 10.9 Å². The molecule has 3 heterocycles. The number of hydrogen-bond acceptors (Lipinski definition) is 11. The maximum Gasteiger partial charge on any atom is 0.311 e. The van der Waals surface area contributed by atoms with Gasteiger partial charge in [-0.2, -0.15) is 0 Å². The molecule has 0 atom stereocenters. The van der Waals surface area contributed by atoms with Crippen molar-refractivity contribution in [1.29, 1.82) is 0 Å². The number of anilines is 1. The molecule has 0 saturated carbocycles. The van der Waals surface area contributed by atoms with Crippen LogP contribution in [0, 0.1) is 0 Å². The predicted molar refractivity (Wildman–Crippen MR) is 108 cm³/mol. The SMILES string of the molecule is CCOC(=O)Cc1csc(NC(=O)CSc2nnc(-c3ccc4c(c3)OCO4)o2)n1. The van der Waals surface area contributed by atoms with E-state index in [9.17, 15) is 9.59 Å². The predicted octanol–water partition coefficient (Wildman–Crippen LogP) is 2.76. The van der Waals surface area contributed by atoms with Gasteiger partial charge in [0.1, 0.15) is 0 Å². The fraction of sp³-hybridized carbons (Fsp3) is 0.278. The molecule has 0 radical (unpaired) electrons. The Hall–Kier alpha value is -3.12. The monoisotopic (exact) mass is 448 g/mol. The number of carbonyl (C=O) groups is 2. The third-order valence-electron chi connectivity index (χ3n) is 3.78. The molecule has 0 unspecified atom stereocenters. The van der Waals surface area contributed by atoms with Crippen LogP contribution in [0.3, 0.4) is 0 Å². The number of rotatable bonds is 8. The van der Waals surface area contributed by atoms with Crippen molar-refractivity contribution in [2.45, 2.75) is 18.6 Å². The van der Waals surface area contributed by atoms with Crippen molar-refractivity contribution < 1.29 is 28.2 Å². The molecule has 156 valence electrons. The molecule has 2 aromatic heterocycles. The van der Waals surface area contributed by atoms with Crippen molar-refractivity contribution in [2.24, 2.45) is 0 Å². The molecular formula is C18H16N4O6S2. The lowest BCUT2D eigenvalue weighted by atomic mass is 10.2. The van der Waals surface area contributed by atoms with Crippen molar-refractivity contribution in [1.82, 2.24) is 15.2 Å². The quantitative estimate of drug-likeness (QED) is 0.406. The summed E-state index contributed by atoms with van der Waals surface area (Å²) >= 11 is 2.34. The first-order valence-corrected chi connectivity index (χ1v) is 10.7. The average Bonchev–Trinajstić information content (AvgIpc) is 3.47. The summed E-state index contributed by atoms with van der Waals surface area (Å²) in [7, 11) is 0. The first kappa shape index (κ1) is 20.2. The van der Waals surface area contributed by atoms with Crippen molar-refractivity contribution >= 4 is 40.1 Å². The number of ether oxygens (including phenoxy) is 3. The molecule has 1 N–H and O–H groups in total. The largest absolute Gasteiger partial charge is 0.466 e. The second kappa shape index (κ2) is 9.13. The fourth-order valence-corrected chi connectivity index (χ4v) is 3.79. The lowest BCUT2D eigenvalue weighted by Gasteiger charge is -2.00. The number of nitrogens with one attached hydrogen (secondary N) is 1. The lowest BCUT2D eigenvalue weighted by molar-refractivity contribution is -0.142. The average molecular weight is 448 g/mol. The summed E-state index contributed by atoms with van der Waals surface area (Å²) in [6.45, 7) is 2.24. The molecule has 30 heavy (non-hydrogen) atoms. The van der Waals surface area contributed by atoms with Gasteiger partial charge in [-0.1, -0.05) is 11.8 Å². The molecule has 0 aliphatic carbocycles. The second-order valence-electron chi connectivity index (χ2n) is 5.90. The second-order valence-corrected chi connectivity index (χ2v) is 7.69. The lowest BCUT2D eigenvalue weighted by Crippen LogP contribution is -2.14. The van der Waals surface area contributed by atoms with Crippen LogP contribution < -0.4 is 14.8 Å². The van der Waals surface area contributed by atoms with Crippen molar-refractivity contribution in [3.63, 3.8) is 0 Å². The summed E-state index contributed by atoms with van der Waals surface area (Å²) in [5.41, 5.74) is 1.24. The van der Waals surface area contributed by atoms with Crippen LogP contribution >= 0.6 is 23.1 Å². The zero-order valence-electron chi connectivity index (χ0n) is 15.7. The summed E-state index contributed by atoms with van der Waals surface area (Å²) in [5, 5.41) is 13.0. The number of thioether (sulfide) groups is 1. The van der Waals surface area contributed by atoms with Gasteiger partial charge in [0.05, 0.1) is 24.5 Å². The Bertz CT molecular complexity index is 1070. The normalized spacial score (nSPS) is 12.0. The van der Waals surface area contributed by atoms with E-state index in [4.69, 9.17) is 18.6 Å². The maximum atomic E-state index is 12.1. The van der Waals surface area contributed by atoms with Crippen molar-refractivity contribution in [3.05, 3.63) is 29.3 Å². The van der Waals surface area contributed by atoms with Crippen LogP contribution in [0.2, 0.25) is 0 Å². The summed E-state index contributed by atoms with van der Waals surface area (Å²) in [6, 6.07) is 5.32. The van der Waals surface area contributed by atoms with E-state index < -0.39 is 0 Å². The highest BCUT2D eigenvalue weighted by atomic mass is 32.2. The molecule has 12 heteroatoms. The maximum absolute atomic E-state index is 12.1. The molecule has 0 saturated heterocycles. The van der Waals surface area contributed by atoms with Gasteiger partial charge in [-0.3, -0.25) is 9.59 Å². The molecule has 4 rings (SSSR count). The molecular weight excluding hydrogens is 432 g/mol. The number of esters is 1. The molecule has 1 amide bonds. The highest BCUT2D eigenvalue weighted by Gasteiger charge is 2.17. The highest BCUT2D eigenvalue weighted by molar-refractivity contribution is 7.99. The Morgan fingerprint density at radius 3 is 3.00 bits per heavy atom. The van der Waals surface area contributed by atoms with Crippen LogP contribution in [0.4, 0.5) is 5.13 Å². The first-order chi connectivity index (χ1) is 14.6. The van der Waals surface area contributed by atoms with Crippen molar-refractivity contribution in [3.8, 4) is 23.0 Å². The van der Waals surface area contributed by atoms with Gasteiger partial charge in [-0.15, -0.1) is 21.5 Å². The molecule has 1 aliphatic rings. The summed E-state index contributed by atoms with van der Waals surface area (Å²) in [4.78, 5) is 27.8. The number of amides is 1. The molecule has 10 nitrogen and oxygen atoms in total. The zero-order valence-corrected chi connectivity index (χ0v) is 17.4. The smallest absolute Gasteiger partial charge is 0.311 e. The zero-order chi connectivity index (χ0) is 20.9. The van der Waals surface area contributed by atoms with Crippen LogP contribution in [0.5, 0.6) is 11.5 Å². The van der Waals surface area contributed by atoms with Gasteiger partial charge in [-0.05, 0) is 25.1 Å². The Morgan fingerprint density at radius 2 is 2.13 bits per heavy atom. The Morgan fingerprint density at radius 1 is 1.27 bits per heavy atom. The number of hydrogen-bond donors (Lipinski definition) is 1. The summed E-state index contributed by atoms with van der Waals surface area (Å²) < 4.78 is 21.1. The number of fused-ring (bicyclic) bond motifs is 1. The third kappa shape index (κ3) is 4.89. The number of thiazole rings is 1. The van der Waals surface area contributed by atoms with Crippen LogP contribution in [-0.4, -0.2) is 46.2 Å². The van der Waals surface area contributed by atoms with Gasteiger partial charge < -0.3 is 23.9 Å². The Kier molecular flexibility index (Phi) is 6.14. The molecule has 1 aromatic carbocycles. The summed E-state index contributed by atoms with van der Waals surface area (Å²) in [5.74, 6) is 1.03. The van der Waals surface area contributed by atoms with Crippen LogP contribution in [-0.2, 0) is 20.7 Å². The molecule has 3 aromatic rings. The van der Waals surface area contributed by atoms with Gasteiger partial charge >= 0.3 is 5.97 Å². The number of nitrogens with zero attached hydrogens (tertiary/aromatic N) is 3. The van der Waals surface area contributed by atoms with E-state index in [2.05, 4.69) is 20.5 Å². The van der Waals surface area contributed by atoms with E-state index in [1.807, 2.05) is 0 Å². The minimum absolute atomic E-state index is 0.0650. The van der Waals surface area contributed by atoms with E-state index in [-0.39, 0.29) is 36.1 Å². The molecule has 0 spiro atoms. The minimum atomic E-state index is -0.356. The minimum Gasteiger partial charge on any atom is -0.466 e. The van der Waals surface area contributed by atoms with Gasteiger partial charge in [-0.25, -0.2) is 4.98 Å². The van der Waals surface area contributed by atoms with Crippen molar-refractivity contribution in [2.75, 3.05) is 24.5 Å². The fourth-order valence-electron chi connectivity index (χ4n) is 2.50. The standard InChI is InChI=1S/C18H16N4O6S2/c1-2-25-15(24)6-11-7-29-17(19-11)20-14(23)8-30-18-22-21-16(28-18)10-3-4-12-13(5-10)27-9-26-12/h3-5,7H,2,6,8-9H2,1H3,(H,19,20,23). The Balaban J connectivity index is 1.29. The molecule has 1 aliphatic heterocycles. The number of carbonyl (C=O) groups excluding carboxylic acids is 2. The first-order valence-electron chi connectivity index (χ1n) is 8.87. The molecule has 0 fully saturated rings. The topological polar surface area (TPSA) is 126 Å². The van der Waals surface area contributed by atoms with E-state index in [1.165, 1.54) is 11.3 Å². The van der Waals surface area contributed by atoms with Crippen LogP contribution in [0.1, 0.15) is 12.6 Å². The van der Waals surface area contributed by atoms with E-state index in [0.717, 1.165) is 11.8 Å². The van der Waals surface area contributed by atoms with E-state index >= 15 is 0 Å². The number of benzene rings is 1.